The summed E-state index contributed by atoms with van der Waals surface area (Å²) in [5.74, 6) is -0.363. The van der Waals surface area contributed by atoms with Crippen LogP contribution >= 0.6 is 15.9 Å². The van der Waals surface area contributed by atoms with Gasteiger partial charge in [0.1, 0.15) is 11.5 Å². The number of pyridine rings is 1. The van der Waals surface area contributed by atoms with Gasteiger partial charge in [0.15, 0.2) is 6.29 Å². The van der Waals surface area contributed by atoms with Gasteiger partial charge in [0.2, 0.25) is 0 Å². The Bertz CT molecular complexity index is 542. The molecular weight excluding hydrogens is 273 g/mol. The zero-order valence-corrected chi connectivity index (χ0v) is 9.74. The van der Waals surface area contributed by atoms with Gasteiger partial charge in [0.25, 0.3) is 0 Å². The van der Waals surface area contributed by atoms with Crippen LogP contribution in [0, 0.1) is 5.82 Å². The van der Waals surface area contributed by atoms with Crippen molar-refractivity contribution in [3.8, 4) is 11.1 Å². The summed E-state index contributed by atoms with van der Waals surface area (Å²) in [6.45, 7) is 0. The molecule has 1 aromatic carbocycles. The molecule has 0 saturated carbocycles. The van der Waals surface area contributed by atoms with Gasteiger partial charge in [-0.15, -0.1) is 0 Å². The minimum absolute atomic E-state index is 0.309. The normalized spacial score (nSPS) is 10.1. The second-order valence-corrected chi connectivity index (χ2v) is 4.04. The molecule has 2 aromatic rings. The van der Waals surface area contributed by atoms with Crippen LogP contribution in [0.5, 0.6) is 0 Å². The van der Waals surface area contributed by atoms with Gasteiger partial charge in [0.05, 0.1) is 4.47 Å². The van der Waals surface area contributed by atoms with Crippen molar-refractivity contribution in [3.63, 3.8) is 0 Å². The zero-order chi connectivity index (χ0) is 11.5. The first-order valence-electron chi connectivity index (χ1n) is 4.58. The molecule has 0 aliphatic heterocycles. The van der Waals surface area contributed by atoms with Gasteiger partial charge in [-0.2, -0.15) is 0 Å². The maximum absolute atomic E-state index is 13.3. The molecule has 2 nitrogen and oxygen atoms in total. The summed E-state index contributed by atoms with van der Waals surface area (Å²) < 4.78 is 13.7. The largest absolute Gasteiger partial charge is 0.296 e. The highest BCUT2D eigenvalue weighted by Crippen LogP contribution is 2.25. The zero-order valence-electron chi connectivity index (χ0n) is 8.15. The smallest absolute Gasteiger partial charge is 0.169 e. The Morgan fingerprint density at radius 2 is 2.12 bits per heavy atom. The number of nitrogens with zero attached hydrogens (tertiary/aromatic N) is 1. The minimum atomic E-state index is -0.363. The lowest BCUT2D eigenvalue weighted by Gasteiger charge is -2.04. The Labute approximate surface area is 100 Å². The summed E-state index contributed by atoms with van der Waals surface area (Å²) in [7, 11) is 0. The maximum Gasteiger partial charge on any atom is 0.169 e. The van der Waals surface area contributed by atoms with Crippen LogP contribution in [-0.4, -0.2) is 11.3 Å². The second-order valence-electron chi connectivity index (χ2n) is 3.18. The van der Waals surface area contributed by atoms with Crippen molar-refractivity contribution >= 4 is 22.2 Å². The molecule has 0 radical (unpaired) electrons. The number of carbonyl (C=O) groups is 1. The third kappa shape index (κ3) is 2.02. The van der Waals surface area contributed by atoms with Crippen molar-refractivity contribution < 1.29 is 9.18 Å². The maximum atomic E-state index is 13.3. The van der Waals surface area contributed by atoms with E-state index in [1.54, 1.807) is 24.3 Å². The van der Waals surface area contributed by atoms with Crippen molar-refractivity contribution in [2.45, 2.75) is 0 Å². The van der Waals surface area contributed by atoms with E-state index in [0.717, 1.165) is 0 Å². The minimum Gasteiger partial charge on any atom is -0.296 e. The molecule has 0 fully saturated rings. The highest BCUT2D eigenvalue weighted by atomic mass is 79.9. The van der Waals surface area contributed by atoms with Crippen LogP contribution in [0.2, 0.25) is 0 Å². The predicted molar refractivity (Wildman–Crippen MR) is 62.7 cm³/mol. The van der Waals surface area contributed by atoms with Gasteiger partial charge in [-0.25, -0.2) is 4.39 Å². The van der Waals surface area contributed by atoms with E-state index >= 15 is 0 Å². The number of rotatable bonds is 2. The van der Waals surface area contributed by atoms with E-state index in [0.29, 0.717) is 27.6 Å². The number of aromatic nitrogens is 1. The van der Waals surface area contributed by atoms with E-state index in [4.69, 9.17) is 0 Å². The molecule has 0 atom stereocenters. The number of hydrogen-bond donors (Lipinski definition) is 0. The van der Waals surface area contributed by atoms with Crippen LogP contribution in [0.15, 0.2) is 41.0 Å². The highest BCUT2D eigenvalue weighted by Gasteiger charge is 2.07. The van der Waals surface area contributed by atoms with Gasteiger partial charge in [-0.1, -0.05) is 12.1 Å². The summed E-state index contributed by atoms with van der Waals surface area (Å²) in [6, 6.07) is 8.15. The quantitative estimate of drug-likeness (QED) is 0.788. The number of hydrogen-bond acceptors (Lipinski definition) is 2. The molecule has 1 heterocycles. The van der Waals surface area contributed by atoms with E-state index in [2.05, 4.69) is 20.9 Å². The molecule has 80 valence electrons. The monoisotopic (exact) mass is 279 g/mol. The lowest BCUT2D eigenvalue weighted by Crippen LogP contribution is -1.91. The first-order valence-corrected chi connectivity index (χ1v) is 5.37. The van der Waals surface area contributed by atoms with Crippen molar-refractivity contribution in [1.82, 2.24) is 4.98 Å². The summed E-state index contributed by atoms with van der Waals surface area (Å²) >= 11 is 3.08. The first kappa shape index (κ1) is 11.0. The van der Waals surface area contributed by atoms with Gasteiger partial charge < -0.3 is 0 Å². The fourth-order valence-corrected chi connectivity index (χ4v) is 1.67. The average molecular weight is 280 g/mol. The number of carbonyl (C=O) groups excluding carboxylic acids is 1. The molecule has 0 N–H and O–H groups in total. The Balaban J connectivity index is 2.58. The molecule has 0 bridgehead atoms. The van der Waals surface area contributed by atoms with E-state index in [9.17, 15) is 9.18 Å². The number of benzene rings is 1. The van der Waals surface area contributed by atoms with E-state index < -0.39 is 0 Å². The summed E-state index contributed by atoms with van der Waals surface area (Å²) in [5.41, 5.74) is 1.57. The van der Waals surface area contributed by atoms with Crippen LogP contribution in [0.25, 0.3) is 11.1 Å². The first-order chi connectivity index (χ1) is 7.72. The molecule has 0 amide bonds. The standard InChI is InChI=1S/C12H7BrFNO/c13-10-4-3-8(6-11(10)14)9-2-1-5-15-12(9)7-16/h1-7H. The fourth-order valence-electron chi connectivity index (χ4n) is 1.42. The van der Waals surface area contributed by atoms with Gasteiger partial charge >= 0.3 is 0 Å². The fraction of sp³-hybridized carbons (Fsp3) is 0. The lowest BCUT2D eigenvalue weighted by molar-refractivity contribution is 0.111. The van der Waals surface area contributed by atoms with Crippen molar-refractivity contribution in [2.24, 2.45) is 0 Å². The van der Waals surface area contributed by atoms with Gasteiger partial charge in [-0.3, -0.25) is 9.78 Å². The van der Waals surface area contributed by atoms with Gasteiger partial charge in [0, 0.05) is 11.8 Å². The lowest BCUT2D eigenvalue weighted by atomic mass is 10.0. The average Bonchev–Trinajstić information content (AvgIpc) is 2.32. The summed E-state index contributed by atoms with van der Waals surface area (Å²) in [4.78, 5) is 14.7. The van der Waals surface area contributed by atoms with Crippen LogP contribution in [0.1, 0.15) is 10.5 Å². The topological polar surface area (TPSA) is 30.0 Å². The molecular formula is C12H7BrFNO. The molecule has 2 rings (SSSR count). The number of halogens is 2. The second kappa shape index (κ2) is 4.53. The predicted octanol–water partition coefficient (Wildman–Crippen LogP) is 3.46. The SMILES string of the molecule is O=Cc1ncccc1-c1ccc(Br)c(F)c1. The van der Waals surface area contributed by atoms with Crippen molar-refractivity contribution in [2.75, 3.05) is 0 Å². The van der Waals surface area contributed by atoms with E-state index in [1.165, 1.54) is 12.3 Å². The Morgan fingerprint density at radius 1 is 1.31 bits per heavy atom. The number of aldehydes is 1. The summed E-state index contributed by atoms with van der Waals surface area (Å²) in [6.07, 6.45) is 2.19. The molecule has 4 heteroatoms. The third-order valence-electron chi connectivity index (χ3n) is 2.18. The van der Waals surface area contributed by atoms with Crippen LogP contribution < -0.4 is 0 Å². The molecule has 0 spiro atoms. The van der Waals surface area contributed by atoms with E-state index in [-0.39, 0.29) is 5.82 Å². The van der Waals surface area contributed by atoms with Crippen LogP contribution in [-0.2, 0) is 0 Å². The van der Waals surface area contributed by atoms with E-state index in [1.807, 2.05) is 0 Å². The van der Waals surface area contributed by atoms with Crippen molar-refractivity contribution in [3.05, 3.63) is 52.5 Å². The third-order valence-corrected chi connectivity index (χ3v) is 2.82. The van der Waals surface area contributed by atoms with Crippen molar-refractivity contribution in [1.29, 1.82) is 0 Å². The molecule has 16 heavy (non-hydrogen) atoms. The highest BCUT2D eigenvalue weighted by molar-refractivity contribution is 9.10. The van der Waals surface area contributed by atoms with Gasteiger partial charge in [-0.05, 0) is 39.7 Å². The van der Waals surface area contributed by atoms with Crippen LogP contribution in [0.4, 0.5) is 4.39 Å². The molecule has 0 saturated heterocycles. The Hall–Kier alpha value is -1.55. The Morgan fingerprint density at radius 3 is 2.81 bits per heavy atom. The molecule has 0 unspecified atom stereocenters. The summed E-state index contributed by atoms with van der Waals surface area (Å²) in [5, 5.41) is 0. The Kier molecular flexibility index (Phi) is 3.10. The van der Waals surface area contributed by atoms with Crippen LogP contribution in [0.3, 0.4) is 0 Å². The molecule has 0 aliphatic rings. The molecule has 0 aliphatic carbocycles. The molecule has 1 aromatic heterocycles.